The van der Waals surface area contributed by atoms with Crippen molar-refractivity contribution in [2.24, 2.45) is 0 Å². The van der Waals surface area contributed by atoms with Crippen LogP contribution >= 0.6 is 22.9 Å². The minimum Gasteiger partial charge on any atom is -0.298 e. The standard InChI is InChI=1S/C18H14ClFN2OS/c1-11-16(10-13-4-2-3-5-15(13)19)24-18(21-11)22-17(23)12-6-8-14(20)9-7-12/h2-9H,10H2,1H3,(H,21,22,23). The van der Waals surface area contributed by atoms with E-state index in [-0.39, 0.29) is 11.7 Å². The first-order valence-corrected chi connectivity index (χ1v) is 8.49. The second-order valence-corrected chi connectivity index (χ2v) is 6.75. The fraction of sp³-hybridized carbons (Fsp3) is 0.111. The van der Waals surface area contributed by atoms with Crippen LogP contribution in [0.15, 0.2) is 48.5 Å². The Morgan fingerprint density at radius 1 is 1.21 bits per heavy atom. The minimum absolute atomic E-state index is 0.312. The summed E-state index contributed by atoms with van der Waals surface area (Å²) in [5.41, 5.74) is 2.26. The summed E-state index contributed by atoms with van der Waals surface area (Å²) in [5.74, 6) is -0.688. The number of carbonyl (C=O) groups excluding carboxylic acids is 1. The van der Waals surface area contributed by atoms with E-state index < -0.39 is 0 Å². The van der Waals surface area contributed by atoms with Crippen molar-refractivity contribution in [3.63, 3.8) is 0 Å². The number of hydrogen-bond donors (Lipinski definition) is 1. The molecule has 2 aromatic carbocycles. The number of benzene rings is 2. The molecule has 0 spiro atoms. The second-order valence-electron chi connectivity index (χ2n) is 5.26. The van der Waals surface area contributed by atoms with Crippen LogP contribution in [0, 0.1) is 12.7 Å². The maximum atomic E-state index is 12.9. The van der Waals surface area contributed by atoms with Crippen molar-refractivity contribution in [1.82, 2.24) is 4.98 Å². The number of amides is 1. The SMILES string of the molecule is Cc1nc(NC(=O)c2ccc(F)cc2)sc1Cc1ccccc1Cl. The maximum Gasteiger partial charge on any atom is 0.257 e. The average molecular weight is 361 g/mol. The lowest BCUT2D eigenvalue weighted by atomic mass is 10.1. The molecule has 1 heterocycles. The number of carbonyl (C=O) groups is 1. The molecule has 0 aliphatic carbocycles. The molecule has 6 heteroatoms. The van der Waals surface area contributed by atoms with Crippen molar-refractivity contribution in [3.05, 3.63) is 81.1 Å². The van der Waals surface area contributed by atoms with Crippen LogP contribution in [0.2, 0.25) is 5.02 Å². The third-order valence-corrected chi connectivity index (χ3v) is 4.97. The number of nitrogens with zero attached hydrogens (tertiary/aromatic N) is 1. The van der Waals surface area contributed by atoms with E-state index in [1.54, 1.807) is 0 Å². The highest BCUT2D eigenvalue weighted by atomic mass is 35.5. The van der Waals surface area contributed by atoms with Crippen LogP contribution in [0.5, 0.6) is 0 Å². The van der Waals surface area contributed by atoms with Gasteiger partial charge >= 0.3 is 0 Å². The van der Waals surface area contributed by atoms with Gasteiger partial charge in [-0.1, -0.05) is 29.8 Å². The number of aromatic nitrogens is 1. The van der Waals surface area contributed by atoms with Gasteiger partial charge in [0.25, 0.3) is 5.91 Å². The molecule has 3 nitrogen and oxygen atoms in total. The summed E-state index contributed by atoms with van der Waals surface area (Å²) in [6.45, 7) is 1.90. The molecule has 0 saturated carbocycles. The van der Waals surface area contributed by atoms with Crippen LogP contribution in [-0.2, 0) is 6.42 Å². The quantitative estimate of drug-likeness (QED) is 0.704. The normalized spacial score (nSPS) is 10.6. The third-order valence-electron chi connectivity index (χ3n) is 3.53. The molecular weight excluding hydrogens is 347 g/mol. The summed E-state index contributed by atoms with van der Waals surface area (Å²) < 4.78 is 12.9. The van der Waals surface area contributed by atoms with E-state index in [1.165, 1.54) is 35.6 Å². The molecule has 0 atom stereocenters. The maximum absolute atomic E-state index is 12.9. The Morgan fingerprint density at radius 3 is 2.62 bits per heavy atom. The first-order chi connectivity index (χ1) is 11.5. The molecule has 0 unspecified atom stereocenters. The second kappa shape index (κ2) is 7.11. The molecule has 0 saturated heterocycles. The van der Waals surface area contributed by atoms with Gasteiger partial charge in [-0.05, 0) is 42.8 Å². The molecule has 0 aliphatic rings. The Bertz CT molecular complexity index is 877. The zero-order valence-corrected chi connectivity index (χ0v) is 14.4. The van der Waals surface area contributed by atoms with Crippen molar-refractivity contribution in [2.45, 2.75) is 13.3 Å². The van der Waals surface area contributed by atoms with Gasteiger partial charge in [0.15, 0.2) is 5.13 Å². The number of aryl methyl sites for hydroxylation is 1. The Morgan fingerprint density at radius 2 is 1.92 bits per heavy atom. The predicted octanol–water partition coefficient (Wildman–Crippen LogP) is 5.09. The smallest absolute Gasteiger partial charge is 0.257 e. The van der Waals surface area contributed by atoms with E-state index in [9.17, 15) is 9.18 Å². The van der Waals surface area contributed by atoms with Crippen LogP contribution in [-0.4, -0.2) is 10.9 Å². The van der Waals surface area contributed by atoms with E-state index in [4.69, 9.17) is 11.6 Å². The third kappa shape index (κ3) is 3.80. The van der Waals surface area contributed by atoms with Gasteiger partial charge < -0.3 is 0 Å². The topological polar surface area (TPSA) is 42.0 Å². The molecule has 3 aromatic rings. The van der Waals surface area contributed by atoms with Crippen molar-refractivity contribution >= 4 is 34.0 Å². The fourth-order valence-electron chi connectivity index (χ4n) is 2.23. The number of thiazole rings is 1. The molecule has 0 bridgehead atoms. The zero-order chi connectivity index (χ0) is 17.1. The van der Waals surface area contributed by atoms with Gasteiger partial charge in [0.05, 0.1) is 5.69 Å². The van der Waals surface area contributed by atoms with Crippen LogP contribution in [0.3, 0.4) is 0 Å². The van der Waals surface area contributed by atoms with E-state index >= 15 is 0 Å². The Hall–Kier alpha value is -2.24. The van der Waals surface area contributed by atoms with E-state index in [1.807, 2.05) is 31.2 Å². The molecule has 3 rings (SSSR count). The summed E-state index contributed by atoms with van der Waals surface area (Å²) >= 11 is 7.61. The molecule has 1 N–H and O–H groups in total. The lowest BCUT2D eigenvalue weighted by Gasteiger charge is -2.02. The number of anilines is 1. The van der Waals surface area contributed by atoms with Gasteiger partial charge in [0, 0.05) is 21.9 Å². The molecular formula is C18H14ClFN2OS. The van der Waals surface area contributed by atoms with Gasteiger partial charge in [-0.15, -0.1) is 11.3 Å². The molecule has 0 aliphatic heterocycles. The predicted molar refractivity (Wildman–Crippen MR) is 95.5 cm³/mol. The Balaban J connectivity index is 1.75. The average Bonchev–Trinajstić information content (AvgIpc) is 2.89. The van der Waals surface area contributed by atoms with E-state index in [2.05, 4.69) is 10.3 Å². The van der Waals surface area contributed by atoms with Gasteiger partial charge in [0.2, 0.25) is 0 Å². The number of halogens is 2. The highest BCUT2D eigenvalue weighted by Gasteiger charge is 2.13. The van der Waals surface area contributed by atoms with Crippen LogP contribution in [0.25, 0.3) is 0 Å². The summed E-state index contributed by atoms with van der Waals surface area (Å²) in [6.07, 6.45) is 0.662. The van der Waals surface area contributed by atoms with Crippen LogP contribution < -0.4 is 5.32 Å². The first-order valence-electron chi connectivity index (χ1n) is 7.29. The molecule has 0 fully saturated rings. The molecule has 122 valence electrons. The van der Waals surface area contributed by atoms with Crippen molar-refractivity contribution in [1.29, 1.82) is 0 Å². The largest absolute Gasteiger partial charge is 0.298 e. The summed E-state index contributed by atoms with van der Waals surface area (Å²) in [4.78, 5) is 17.6. The molecule has 0 radical (unpaired) electrons. The summed E-state index contributed by atoms with van der Waals surface area (Å²) in [6, 6.07) is 13.0. The number of nitrogens with one attached hydrogen (secondary N) is 1. The van der Waals surface area contributed by atoms with E-state index in [0.717, 1.165) is 16.1 Å². The van der Waals surface area contributed by atoms with Crippen molar-refractivity contribution in [3.8, 4) is 0 Å². The van der Waals surface area contributed by atoms with Crippen molar-refractivity contribution in [2.75, 3.05) is 5.32 Å². The Labute approximate surface area is 148 Å². The van der Waals surface area contributed by atoms with Gasteiger partial charge in [0.1, 0.15) is 5.82 Å². The molecule has 1 amide bonds. The highest BCUT2D eigenvalue weighted by Crippen LogP contribution is 2.28. The molecule has 1 aromatic heterocycles. The lowest BCUT2D eigenvalue weighted by Crippen LogP contribution is -2.11. The van der Waals surface area contributed by atoms with E-state index in [0.29, 0.717) is 22.1 Å². The van der Waals surface area contributed by atoms with Gasteiger partial charge in [-0.2, -0.15) is 0 Å². The van der Waals surface area contributed by atoms with Crippen LogP contribution in [0.1, 0.15) is 26.5 Å². The summed E-state index contributed by atoms with van der Waals surface area (Å²) in [7, 11) is 0. The highest BCUT2D eigenvalue weighted by molar-refractivity contribution is 7.15. The minimum atomic E-state index is -0.376. The lowest BCUT2D eigenvalue weighted by molar-refractivity contribution is 0.102. The zero-order valence-electron chi connectivity index (χ0n) is 12.8. The first kappa shape index (κ1) is 16.6. The monoisotopic (exact) mass is 360 g/mol. The fourth-order valence-corrected chi connectivity index (χ4v) is 3.41. The number of hydrogen-bond acceptors (Lipinski definition) is 3. The van der Waals surface area contributed by atoms with Gasteiger partial charge in [-0.3, -0.25) is 10.1 Å². The summed E-state index contributed by atoms with van der Waals surface area (Å²) in [5, 5.41) is 3.98. The van der Waals surface area contributed by atoms with Gasteiger partial charge in [-0.25, -0.2) is 9.37 Å². The van der Waals surface area contributed by atoms with Crippen LogP contribution in [0.4, 0.5) is 9.52 Å². The Kier molecular flexibility index (Phi) is 4.92. The number of rotatable bonds is 4. The molecule has 24 heavy (non-hydrogen) atoms. The van der Waals surface area contributed by atoms with Crippen molar-refractivity contribution < 1.29 is 9.18 Å².